The number of hydrogen-bond donors (Lipinski definition) is 3. The van der Waals surface area contributed by atoms with Gasteiger partial charge < -0.3 is 21.0 Å². The van der Waals surface area contributed by atoms with Crippen LogP contribution in [0.1, 0.15) is 24.6 Å². The monoisotopic (exact) mass is 546 g/mol. The zero-order chi connectivity index (χ0) is 25.7. The van der Waals surface area contributed by atoms with Gasteiger partial charge in [0.2, 0.25) is 0 Å². The summed E-state index contributed by atoms with van der Waals surface area (Å²) in [6, 6.07) is 2.76. The van der Waals surface area contributed by atoms with Gasteiger partial charge in [0.05, 0.1) is 0 Å². The number of carboxylic acids is 1. The number of carboxylic acid groups (broad SMARTS) is 1. The van der Waals surface area contributed by atoms with E-state index in [0.29, 0.717) is 23.7 Å². The second kappa shape index (κ2) is 11.6. The fourth-order valence-corrected chi connectivity index (χ4v) is 6.27. The molecule has 0 radical (unpaired) electrons. The van der Waals surface area contributed by atoms with E-state index in [1.807, 2.05) is 19.1 Å². The smallest absolute Gasteiger partial charge is 0.353 e. The third-order valence-electron chi connectivity index (χ3n) is 5.01. The predicted octanol–water partition coefficient (Wildman–Crippen LogP) is 2.35. The minimum absolute atomic E-state index is 0.0810. The molecule has 1 unspecified atom stereocenters. The Morgan fingerprint density at radius 2 is 2.31 bits per heavy atom. The van der Waals surface area contributed by atoms with Crippen molar-refractivity contribution in [3.8, 4) is 0 Å². The van der Waals surface area contributed by atoms with Crippen LogP contribution >= 0.6 is 34.9 Å². The number of thiazole rings is 1. The zero-order valence-electron chi connectivity index (χ0n) is 19.0. The maximum Gasteiger partial charge on any atom is 0.353 e. The minimum Gasteiger partial charge on any atom is -0.477 e. The Morgan fingerprint density at radius 3 is 2.97 bits per heavy atom. The molecule has 0 spiro atoms. The lowest BCUT2D eigenvalue weighted by Gasteiger charge is -2.49. The van der Waals surface area contributed by atoms with E-state index < -0.39 is 29.2 Å². The molecular weight excluding hydrogens is 524 g/mol. The van der Waals surface area contributed by atoms with E-state index in [9.17, 15) is 19.5 Å². The number of fused-ring (bicyclic) bond motifs is 1. The van der Waals surface area contributed by atoms with E-state index in [-0.39, 0.29) is 22.2 Å². The third kappa shape index (κ3) is 5.55. The van der Waals surface area contributed by atoms with E-state index in [2.05, 4.69) is 20.4 Å². The maximum atomic E-state index is 13.0. The van der Waals surface area contributed by atoms with E-state index in [1.54, 1.807) is 29.2 Å². The highest BCUT2D eigenvalue weighted by Crippen LogP contribution is 2.43. The van der Waals surface area contributed by atoms with Gasteiger partial charge in [0, 0.05) is 28.4 Å². The van der Waals surface area contributed by atoms with Crippen molar-refractivity contribution in [1.82, 2.24) is 20.2 Å². The summed E-state index contributed by atoms with van der Waals surface area (Å²) in [5.41, 5.74) is 6.61. The molecule has 188 valence electrons. The van der Waals surface area contributed by atoms with Gasteiger partial charge in [0.15, 0.2) is 10.8 Å². The molecule has 4 N–H and O–H groups in total. The number of nitrogens with zero attached hydrogens (tertiary/aromatic N) is 4. The molecule has 11 nitrogen and oxygen atoms in total. The summed E-state index contributed by atoms with van der Waals surface area (Å²) in [5, 5.41) is 19.4. The molecule has 0 aliphatic carbocycles. The van der Waals surface area contributed by atoms with Gasteiger partial charge in [0.1, 0.15) is 29.4 Å². The van der Waals surface area contributed by atoms with Crippen molar-refractivity contribution in [3.63, 3.8) is 0 Å². The van der Waals surface area contributed by atoms with Crippen LogP contribution in [0.15, 0.2) is 51.1 Å². The van der Waals surface area contributed by atoms with E-state index in [0.717, 1.165) is 16.9 Å². The van der Waals surface area contributed by atoms with Crippen LogP contribution in [0, 0.1) is 0 Å². The van der Waals surface area contributed by atoms with Crippen LogP contribution in [0.25, 0.3) is 6.08 Å². The number of oxime groups is 1. The number of thioether (sulfide) groups is 2. The number of aliphatic carboxylic acids is 1. The average molecular weight is 547 g/mol. The van der Waals surface area contributed by atoms with Gasteiger partial charge in [-0.05, 0) is 29.5 Å². The van der Waals surface area contributed by atoms with E-state index in [4.69, 9.17) is 10.6 Å². The third-order valence-corrected chi connectivity index (χ3v) is 8.04. The van der Waals surface area contributed by atoms with E-state index >= 15 is 0 Å². The number of amides is 2. The molecular formula is C22H22N6O5S3. The number of carbonyl (C=O) groups excluding carboxylic acids is 2. The van der Waals surface area contributed by atoms with Crippen molar-refractivity contribution in [3.05, 3.63) is 57.2 Å². The van der Waals surface area contributed by atoms with Gasteiger partial charge in [-0.2, -0.15) is 0 Å². The summed E-state index contributed by atoms with van der Waals surface area (Å²) >= 11 is 3.75. The molecule has 4 rings (SSSR count). The number of nitrogens with one attached hydrogen (secondary N) is 1. The van der Waals surface area contributed by atoms with Gasteiger partial charge in [-0.15, -0.1) is 23.1 Å². The quantitative estimate of drug-likeness (QED) is 0.175. The molecule has 2 aromatic rings. The summed E-state index contributed by atoms with van der Waals surface area (Å²) in [6.45, 7) is 2.19. The first-order valence-corrected chi connectivity index (χ1v) is 13.6. The maximum absolute atomic E-state index is 13.0. The van der Waals surface area contributed by atoms with Gasteiger partial charge in [-0.1, -0.05) is 29.9 Å². The Balaban J connectivity index is 1.48. The summed E-state index contributed by atoms with van der Waals surface area (Å²) in [7, 11) is 0. The van der Waals surface area contributed by atoms with Crippen LogP contribution in [0.4, 0.5) is 5.13 Å². The summed E-state index contributed by atoms with van der Waals surface area (Å²) in [5.74, 6) is -2.01. The Bertz CT molecular complexity index is 1250. The van der Waals surface area contributed by atoms with Crippen molar-refractivity contribution in [2.45, 2.75) is 24.8 Å². The molecule has 1 saturated heterocycles. The first-order chi connectivity index (χ1) is 17.4. The Labute approximate surface area is 218 Å². The normalized spacial score (nSPS) is 19.8. The molecule has 0 bridgehead atoms. The van der Waals surface area contributed by atoms with Crippen molar-refractivity contribution in [2.75, 3.05) is 18.1 Å². The van der Waals surface area contributed by atoms with Crippen LogP contribution < -0.4 is 11.1 Å². The lowest BCUT2D eigenvalue weighted by molar-refractivity contribution is -0.150. The molecule has 14 heteroatoms. The second-order valence-corrected chi connectivity index (χ2v) is 10.5. The highest BCUT2D eigenvalue weighted by molar-refractivity contribution is 8.08. The highest BCUT2D eigenvalue weighted by Gasteiger charge is 2.54. The molecule has 4 heterocycles. The fraction of sp³-hybridized carbons (Fsp3) is 0.273. The van der Waals surface area contributed by atoms with Gasteiger partial charge >= 0.3 is 5.97 Å². The van der Waals surface area contributed by atoms with Crippen LogP contribution in [0.3, 0.4) is 0 Å². The number of β-lactam (4-membered cyclic amide) rings is 1. The standard InChI is InChI=1S/C22H22N6O5S3/c1-2-7-33-27-15(13-10-36-22(23)25-13)18(29)26-16-19(30)28-17(21(31)32)14(11-35-20(16)28)34-8-5-12-4-3-6-24-9-12/h3-6,8-10,16,20H,2,7,11H2,1H3,(H2,23,25)(H,26,29)(H,31,32)/b8-5-,27-15?/t16?,20-/m0/s1. The summed E-state index contributed by atoms with van der Waals surface area (Å²) in [6.07, 6.45) is 5.85. The van der Waals surface area contributed by atoms with Crippen molar-refractivity contribution in [1.29, 1.82) is 0 Å². The number of pyridine rings is 1. The molecule has 0 saturated carbocycles. The minimum atomic E-state index is -1.20. The van der Waals surface area contributed by atoms with Gasteiger partial charge in [0.25, 0.3) is 11.8 Å². The molecule has 2 aromatic heterocycles. The number of carbonyl (C=O) groups is 3. The van der Waals surface area contributed by atoms with Crippen molar-refractivity contribution < 1.29 is 24.3 Å². The number of nitrogens with two attached hydrogens (primary N) is 1. The van der Waals surface area contributed by atoms with E-state index in [1.165, 1.54) is 28.4 Å². The lowest BCUT2D eigenvalue weighted by Crippen LogP contribution is -2.71. The Kier molecular flexibility index (Phi) is 8.28. The molecule has 2 amide bonds. The average Bonchev–Trinajstić information content (AvgIpc) is 3.30. The van der Waals surface area contributed by atoms with Crippen LogP contribution in [0.5, 0.6) is 0 Å². The van der Waals surface area contributed by atoms with Gasteiger partial charge in [-0.25, -0.2) is 9.78 Å². The largest absolute Gasteiger partial charge is 0.477 e. The Hall–Kier alpha value is -3.36. The molecule has 36 heavy (non-hydrogen) atoms. The topological polar surface area (TPSA) is 160 Å². The first kappa shape index (κ1) is 25.7. The molecule has 2 aliphatic heterocycles. The van der Waals surface area contributed by atoms with Crippen molar-refractivity contribution in [2.24, 2.45) is 5.16 Å². The predicted molar refractivity (Wildman–Crippen MR) is 140 cm³/mol. The number of nitrogen functional groups attached to an aromatic ring is 1. The Morgan fingerprint density at radius 1 is 1.47 bits per heavy atom. The summed E-state index contributed by atoms with van der Waals surface area (Å²) in [4.78, 5) is 53.1. The number of anilines is 1. The second-order valence-electron chi connectivity index (χ2n) is 7.49. The first-order valence-electron chi connectivity index (χ1n) is 10.8. The van der Waals surface area contributed by atoms with Crippen LogP contribution in [0.2, 0.25) is 0 Å². The number of aromatic nitrogens is 2. The number of hydrogen-bond acceptors (Lipinski definition) is 11. The fourth-order valence-electron chi connectivity index (χ4n) is 3.36. The highest BCUT2D eigenvalue weighted by atomic mass is 32.2. The van der Waals surface area contributed by atoms with Crippen LogP contribution in [-0.4, -0.2) is 67.2 Å². The summed E-state index contributed by atoms with van der Waals surface area (Å²) < 4.78 is 0. The van der Waals surface area contributed by atoms with Crippen LogP contribution in [-0.2, 0) is 19.2 Å². The molecule has 1 fully saturated rings. The molecule has 2 atom stereocenters. The SMILES string of the molecule is CCCON=C(C(=O)NC1C(=O)N2C(C(=O)O)=C(S/C=C\c3cccnc3)CS[C@@H]12)c1csc(N)n1. The lowest BCUT2D eigenvalue weighted by atomic mass is 10.0. The molecule has 0 aromatic carbocycles. The molecule has 2 aliphatic rings. The van der Waals surface area contributed by atoms with Gasteiger partial charge in [-0.3, -0.25) is 19.5 Å². The van der Waals surface area contributed by atoms with Crippen molar-refractivity contribution >= 4 is 69.6 Å². The number of rotatable bonds is 10. The zero-order valence-corrected chi connectivity index (χ0v) is 21.4.